The van der Waals surface area contributed by atoms with Gasteiger partial charge in [-0.15, -0.1) is 0 Å². The maximum absolute atomic E-state index is 12.3. The van der Waals surface area contributed by atoms with E-state index >= 15 is 0 Å². The van der Waals surface area contributed by atoms with Crippen LogP contribution in [0.2, 0.25) is 5.15 Å². The molecule has 1 aromatic carbocycles. The highest BCUT2D eigenvalue weighted by molar-refractivity contribution is 7.99. The summed E-state index contributed by atoms with van der Waals surface area (Å²) >= 11 is 7.78. The SMILES string of the molecule is CSC(C)(C)CNC(=O)c1cnc(Cl)c2ccccc12. The van der Waals surface area contributed by atoms with Crippen molar-refractivity contribution in [3.8, 4) is 0 Å². The number of pyridine rings is 1. The summed E-state index contributed by atoms with van der Waals surface area (Å²) in [5.41, 5.74) is 0.557. The Kier molecular flexibility index (Phi) is 4.55. The van der Waals surface area contributed by atoms with Crippen molar-refractivity contribution in [1.29, 1.82) is 0 Å². The Morgan fingerprint density at radius 2 is 2.00 bits per heavy atom. The van der Waals surface area contributed by atoms with Gasteiger partial charge in [-0.1, -0.05) is 35.9 Å². The first-order valence-corrected chi connectivity index (χ1v) is 7.91. The molecule has 106 valence electrons. The number of rotatable bonds is 4. The Morgan fingerprint density at radius 1 is 1.35 bits per heavy atom. The second kappa shape index (κ2) is 6.02. The first kappa shape index (κ1) is 15.1. The zero-order valence-corrected chi connectivity index (χ0v) is 13.3. The predicted molar refractivity (Wildman–Crippen MR) is 86.7 cm³/mol. The van der Waals surface area contributed by atoms with Crippen molar-refractivity contribution in [2.45, 2.75) is 18.6 Å². The number of fused-ring (bicyclic) bond motifs is 1. The van der Waals surface area contributed by atoms with Crippen molar-refractivity contribution in [1.82, 2.24) is 10.3 Å². The maximum Gasteiger partial charge on any atom is 0.253 e. The van der Waals surface area contributed by atoms with Crippen LogP contribution in [-0.4, -0.2) is 28.4 Å². The molecular formula is C15H17ClN2OS. The van der Waals surface area contributed by atoms with E-state index in [2.05, 4.69) is 24.1 Å². The molecule has 1 heterocycles. The molecule has 3 nitrogen and oxygen atoms in total. The lowest BCUT2D eigenvalue weighted by Crippen LogP contribution is -2.36. The number of carbonyl (C=O) groups is 1. The Bertz CT molecular complexity index is 643. The molecule has 1 N–H and O–H groups in total. The van der Waals surface area contributed by atoms with Crippen molar-refractivity contribution in [2.24, 2.45) is 0 Å². The highest BCUT2D eigenvalue weighted by atomic mass is 35.5. The smallest absolute Gasteiger partial charge is 0.253 e. The van der Waals surface area contributed by atoms with Gasteiger partial charge in [-0.05, 0) is 25.5 Å². The van der Waals surface area contributed by atoms with Crippen molar-refractivity contribution in [3.05, 3.63) is 41.2 Å². The highest BCUT2D eigenvalue weighted by Gasteiger charge is 2.19. The number of benzene rings is 1. The van der Waals surface area contributed by atoms with Crippen LogP contribution in [0.15, 0.2) is 30.5 Å². The van der Waals surface area contributed by atoms with Crippen molar-refractivity contribution < 1.29 is 4.79 Å². The number of thioether (sulfide) groups is 1. The molecule has 0 aliphatic carbocycles. The standard InChI is InChI=1S/C15H17ClN2OS/c1-15(2,20-3)9-18-14(19)12-8-17-13(16)11-7-5-4-6-10(11)12/h4-8H,9H2,1-3H3,(H,18,19). The number of nitrogens with one attached hydrogen (secondary N) is 1. The van der Waals surface area contributed by atoms with Gasteiger partial charge in [0.1, 0.15) is 5.15 Å². The van der Waals surface area contributed by atoms with Crippen LogP contribution in [0.25, 0.3) is 10.8 Å². The summed E-state index contributed by atoms with van der Waals surface area (Å²) in [4.78, 5) is 16.4. The minimum absolute atomic E-state index is 0.00528. The first-order chi connectivity index (χ1) is 9.44. The Morgan fingerprint density at radius 3 is 2.65 bits per heavy atom. The third-order valence-electron chi connectivity index (χ3n) is 3.22. The first-order valence-electron chi connectivity index (χ1n) is 6.31. The lowest BCUT2D eigenvalue weighted by molar-refractivity contribution is 0.0952. The number of halogens is 1. The van der Waals surface area contributed by atoms with Gasteiger partial charge >= 0.3 is 0 Å². The number of carbonyl (C=O) groups excluding carboxylic acids is 1. The molecule has 0 saturated carbocycles. The molecule has 0 atom stereocenters. The maximum atomic E-state index is 12.3. The average Bonchev–Trinajstić information content (AvgIpc) is 2.46. The summed E-state index contributed by atoms with van der Waals surface area (Å²) in [5.74, 6) is -0.118. The summed E-state index contributed by atoms with van der Waals surface area (Å²) in [6.07, 6.45) is 3.57. The molecule has 0 fully saturated rings. The van der Waals surface area contributed by atoms with E-state index in [9.17, 15) is 4.79 Å². The van der Waals surface area contributed by atoms with Crippen molar-refractivity contribution >= 4 is 40.0 Å². The van der Waals surface area contributed by atoms with Gasteiger partial charge in [0.25, 0.3) is 5.91 Å². The molecule has 0 aliphatic rings. The van der Waals surface area contributed by atoms with E-state index in [0.717, 1.165) is 10.8 Å². The Labute approximate surface area is 128 Å². The zero-order chi connectivity index (χ0) is 14.8. The van der Waals surface area contributed by atoms with E-state index in [-0.39, 0.29) is 10.7 Å². The topological polar surface area (TPSA) is 42.0 Å². The summed E-state index contributed by atoms with van der Waals surface area (Å²) in [5, 5.41) is 5.00. The van der Waals surface area contributed by atoms with E-state index in [1.54, 1.807) is 11.8 Å². The number of hydrogen-bond donors (Lipinski definition) is 1. The molecule has 5 heteroatoms. The minimum atomic E-state index is -0.118. The molecular weight excluding hydrogens is 292 g/mol. The molecule has 2 rings (SSSR count). The van der Waals surface area contributed by atoms with Gasteiger partial charge in [0.15, 0.2) is 0 Å². The summed E-state index contributed by atoms with van der Waals surface area (Å²) in [6, 6.07) is 7.53. The van der Waals surface area contributed by atoms with Crippen LogP contribution in [-0.2, 0) is 0 Å². The molecule has 1 aromatic heterocycles. The molecule has 0 spiro atoms. The van der Waals surface area contributed by atoms with Crippen LogP contribution in [0.1, 0.15) is 24.2 Å². The van der Waals surface area contributed by atoms with Crippen LogP contribution in [0.4, 0.5) is 0 Å². The second-order valence-corrected chi connectivity index (χ2v) is 7.03. The summed E-state index contributed by atoms with van der Waals surface area (Å²) in [7, 11) is 0. The third kappa shape index (κ3) is 3.25. The lowest BCUT2D eigenvalue weighted by atomic mass is 10.1. The van der Waals surface area contributed by atoms with Gasteiger partial charge in [-0.2, -0.15) is 11.8 Å². The highest BCUT2D eigenvalue weighted by Crippen LogP contribution is 2.24. The molecule has 2 aromatic rings. The van der Waals surface area contributed by atoms with Crippen LogP contribution < -0.4 is 5.32 Å². The molecule has 1 amide bonds. The fraction of sp³-hybridized carbons (Fsp3) is 0.333. The van der Waals surface area contributed by atoms with E-state index in [0.29, 0.717) is 17.3 Å². The van der Waals surface area contributed by atoms with Crippen LogP contribution in [0.5, 0.6) is 0 Å². The molecule has 20 heavy (non-hydrogen) atoms. The monoisotopic (exact) mass is 308 g/mol. The Hall–Kier alpha value is -1.26. The number of aromatic nitrogens is 1. The van der Waals surface area contributed by atoms with Crippen LogP contribution in [0, 0.1) is 0 Å². The minimum Gasteiger partial charge on any atom is -0.351 e. The van der Waals surface area contributed by atoms with Crippen LogP contribution in [0.3, 0.4) is 0 Å². The zero-order valence-electron chi connectivity index (χ0n) is 11.7. The van der Waals surface area contributed by atoms with E-state index in [1.807, 2.05) is 30.5 Å². The second-order valence-electron chi connectivity index (χ2n) is 5.15. The van der Waals surface area contributed by atoms with Gasteiger partial charge < -0.3 is 5.32 Å². The lowest BCUT2D eigenvalue weighted by Gasteiger charge is -2.22. The molecule has 0 radical (unpaired) electrons. The van der Waals surface area contributed by atoms with E-state index in [1.165, 1.54) is 6.20 Å². The molecule has 0 aliphatic heterocycles. The predicted octanol–water partition coefficient (Wildman–Crippen LogP) is 3.76. The fourth-order valence-corrected chi connectivity index (χ4v) is 2.23. The van der Waals surface area contributed by atoms with Gasteiger partial charge in [0.05, 0.1) is 5.56 Å². The normalized spacial score (nSPS) is 11.6. The van der Waals surface area contributed by atoms with Gasteiger partial charge in [0, 0.05) is 22.9 Å². The van der Waals surface area contributed by atoms with Crippen molar-refractivity contribution in [3.63, 3.8) is 0 Å². The van der Waals surface area contributed by atoms with E-state index in [4.69, 9.17) is 11.6 Å². The molecule has 0 saturated heterocycles. The van der Waals surface area contributed by atoms with Gasteiger partial charge in [-0.3, -0.25) is 4.79 Å². The summed E-state index contributed by atoms with van der Waals surface area (Å²) in [6.45, 7) is 4.79. The number of nitrogens with zero attached hydrogens (tertiary/aromatic N) is 1. The third-order valence-corrected chi connectivity index (χ3v) is 4.77. The average molecular weight is 309 g/mol. The number of hydrogen-bond acceptors (Lipinski definition) is 3. The number of amides is 1. The van der Waals surface area contributed by atoms with Crippen LogP contribution >= 0.6 is 23.4 Å². The van der Waals surface area contributed by atoms with Gasteiger partial charge in [-0.25, -0.2) is 4.98 Å². The molecule has 0 unspecified atom stereocenters. The fourth-order valence-electron chi connectivity index (χ4n) is 1.80. The summed E-state index contributed by atoms with van der Waals surface area (Å²) < 4.78 is 0.00528. The largest absolute Gasteiger partial charge is 0.351 e. The van der Waals surface area contributed by atoms with Crippen molar-refractivity contribution in [2.75, 3.05) is 12.8 Å². The Balaban J connectivity index is 2.29. The van der Waals surface area contributed by atoms with Gasteiger partial charge in [0.2, 0.25) is 0 Å². The quantitative estimate of drug-likeness (QED) is 0.874. The van der Waals surface area contributed by atoms with E-state index < -0.39 is 0 Å². The molecule has 0 bridgehead atoms.